The summed E-state index contributed by atoms with van der Waals surface area (Å²) in [4.78, 5) is 22.3. The van der Waals surface area contributed by atoms with Crippen LogP contribution in [-0.4, -0.2) is 22.6 Å². The minimum absolute atomic E-state index is 0.0780. The second-order valence-corrected chi connectivity index (χ2v) is 4.94. The zero-order valence-electron chi connectivity index (χ0n) is 10.6. The molecule has 0 saturated heterocycles. The largest absolute Gasteiger partial charge is 0.478 e. The number of anilines is 2. The number of carbonyl (C=O) groups is 2. The second-order valence-electron chi connectivity index (χ2n) is 4.94. The molecule has 0 radical (unpaired) electrons. The van der Waals surface area contributed by atoms with Crippen LogP contribution in [0.3, 0.4) is 0 Å². The van der Waals surface area contributed by atoms with E-state index in [2.05, 4.69) is 10.6 Å². The summed E-state index contributed by atoms with van der Waals surface area (Å²) in [5.41, 5.74) is 5.97. The fourth-order valence-corrected chi connectivity index (χ4v) is 1.30. The number of amides is 2. The van der Waals surface area contributed by atoms with E-state index in [9.17, 15) is 9.59 Å². The van der Waals surface area contributed by atoms with Gasteiger partial charge < -0.3 is 21.5 Å². The highest BCUT2D eigenvalue weighted by molar-refractivity contribution is 5.95. The third kappa shape index (κ3) is 3.97. The Kier molecular flexibility index (Phi) is 3.80. The molecule has 0 unspecified atom stereocenters. The molecule has 0 fully saturated rings. The van der Waals surface area contributed by atoms with Crippen LogP contribution in [0.5, 0.6) is 0 Å². The Hall–Kier alpha value is -2.24. The van der Waals surface area contributed by atoms with Crippen molar-refractivity contribution in [3.63, 3.8) is 0 Å². The lowest BCUT2D eigenvalue weighted by Crippen LogP contribution is -2.43. The standard InChI is InChI=1S/C12H17N3O3/c1-12(2,3)15-11(18)14-9-5-4-7(10(16)17)6-8(9)13/h4-6H,13H2,1-3H3,(H,16,17)(H2,14,15,18). The molecule has 0 spiro atoms. The fraction of sp³-hybridized carbons (Fsp3) is 0.333. The predicted octanol–water partition coefficient (Wildman–Crippen LogP) is 1.89. The summed E-state index contributed by atoms with van der Waals surface area (Å²) in [5, 5.41) is 14.1. The zero-order chi connectivity index (χ0) is 13.9. The van der Waals surface area contributed by atoms with Gasteiger partial charge in [0.1, 0.15) is 0 Å². The normalized spacial score (nSPS) is 10.8. The van der Waals surface area contributed by atoms with Crippen LogP contribution in [0.25, 0.3) is 0 Å². The summed E-state index contributed by atoms with van der Waals surface area (Å²) in [6.07, 6.45) is 0. The van der Waals surface area contributed by atoms with Crippen LogP contribution in [0.1, 0.15) is 31.1 Å². The monoisotopic (exact) mass is 251 g/mol. The Balaban J connectivity index is 2.80. The molecule has 0 aliphatic carbocycles. The van der Waals surface area contributed by atoms with Gasteiger partial charge in [-0.1, -0.05) is 0 Å². The first-order valence-electron chi connectivity index (χ1n) is 5.41. The summed E-state index contributed by atoms with van der Waals surface area (Å²) in [6.45, 7) is 5.55. The van der Waals surface area contributed by atoms with E-state index in [4.69, 9.17) is 10.8 Å². The second kappa shape index (κ2) is 4.95. The topological polar surface area (TPSA) is 104 Å². The van der Waals surface area contributed by atoms with E-state index < -0.39 is 12.0 Å². The molecule has 6 nitrogen and oxygen atoms in total. The molecule has 1 aromatic rings. The number of carboxylic acid groups (broad SMARTS) is 1. The molecule has 5 N–H and O–H groups in total. The number of aromatic carboxylic acids is 1. The number of urea groups is 1. The molecule has 0 aliphatic rings. The highest BCUT2D eigenvalue weighted by atomic mass is 16.4. The van der Waals surface area contributed by atoms with Gasteiger partial charge in [-0.15, -0.1) is 0 Å². The van der Waals surface area contributed by atoms with Crippen LogP contribution in [0.15, 0.2) is 18.2 Å². The quantitative estimate of drug-likeness (QED) is 0.602. The third-order valence-electron chi connectivity index (χ3n) is 2.04. The Bertz CT molecular complexity index is 478. The van der Waals surface area contributed by atoms with E-state index in [1.54, 1.807) is 0 Å². The molecule has 0 saturated carbocycles. The molecule has 18 heavy (non-hydrogen) atoms. The molecule has 0 atom stereocenters. The molecule has 0 aliphatic heterocycles. The summed E-state index contributed by atoms with van der Waals surface area (Å²) < 4.78 is 0. The lowest BCUT2D eigenvalue weighted by Gasteiger charge is -2.21. The van der Waals surface area contributed by atoms with Crippen LogP contribution < -0.4 is 16.4 Å². The Morgan fingerprint density at radius 1 is 1.28 bits per heavy atom. The lowest BCUT2D eigenvalue weighted by molar-refractivity contribution is 0.0697. The van der Waals surface area contributed by atoms with Crippen molar-refractivity contribution in [1.29, 1.82) is 0 Å². The fourth-order valence-electron chi connectivity index (χ4n) is 1.30. The smallest absolute Gasteiger partial charge is 0.335 e. The van der Waals surface area contributed by atoms with E-state index in [1.165, 1.54) is 18.2 Å². The first kappa shape index (κ1) is 13.8. The van der Waals surface area contributed by atoms with Gasteiger partial charge in [-0.3, -0.25) is 0 Å². The molecular formula is C12H17N3O3. The van der Waals surface area contributed by atoms with Crippen molar-refractivity contribution >= 4 is 23.4 Å². The molecule has 1 aromatic carbocycles. The lowest BCUT2D eigenvalue weighted by atomic mass is 10.1. The Morgan fingerprint density at radius 2 is 1.89 bits per heavy atom. The van der Waals surface area contributed by atoms with Crippen molar-refractivity contribution in [2.75, 3.05) is 11.1 Å². The Labute approximate surface area is 105 Å². The summed E-state index contributed by atoms with van der Waals surface area (Å²) in [6, 6.07) is 3.75. The van der Waals surface area contributed by atoms with E-state index in [1.807, 2.05) is 20.8 Å². The van der Waals surface area contributed by atoms with E-state index in [0.717, 1.165) is 0 Å². The van der Waals surface area contributed by atoms with Crippen LogP contribution in [0.2, 0.25) is 0 Å². The highest BCUT2D eigenvalue weighted by Gasteiger charge is 2.14. The van der Waals surface area contributed by atoms with Crippen LogP contribution in [-0.2, 0) is 0 Å². The molecule has 0 heterocycles. The van der Waals surface area contributed by atoms with Gasteiger partial charge in [0, 0.05) is 5.54 Å². The highest BCUT2D eigenvalue weighted by Crippen LogP contribution is 2.20. The van der Waals surface area contributed by atoms with E-state index >= 15 is 0 Å². The predicted molar refractivity (Wildman–Crippen MR) is 69.7 cm³/mol. The van der Waals surface area contributed by atoms with Gasteiger partial charge in [-0.05, 0) is 39.0 Å². The number of rotatable bonds is 2. The first-order valence-corrected chi connectivity index (χ1v) is 5.41. The molecular weight excluding hydrogens is 234 g/mol. The van der Waals surface area contributed by atoms with Gasteiger partial charge in [-0.2, -0.15) is 0 Å². The number of nitrogens with one attached hydrogen (secondary N) is 2. The summed E-state index contributed by atoms with van der Waals surface area (Å²) >= 11 is 0. The molecule has 1 rings (SSSR count). The third-order valence-corrected chi connectivity index (χ3v) is 2.04. The summed E-state index contributed by atoms with van der Waals surface area (Å²) in [5.74, 6) is -1.06. The average molecular weight is 251 g/mol. The molecule has 0 aromatic heterocycles. The van der Waals surface area contributed by atoms with Gasteiger partial charge >= 0.3 is 12.0 Å². The number of hydrogen-bond donors (Lipinski definition) is 4. The molecule has 2 amide bonds. The van der Waals surface area contributed by atoms with Crippen molar-refractivity contribution in [1.82, 2.24) is 5.32 Å². The first-order chi connectivity index (χ1) is 8.19. The number of hydrogen-bond acceptors (Lipinski definition) is 3. The van der Waals surface area contributed by atoms with Gasteiger partial charge in [0.15, 0.2) is 0 Å². The van der Waals surface area contributed by atoms with E-state index in [-0.39, 0.29) is 16.8 Å². The number of nitrogen functional groups attached to an aromatic ring is 1. The number of benzene rings is 1. The van der Waals surface area contributed by atoms with Crippen molar-refractivity contribution in [3.05, 3.63) is 23.8 Å². The number of carboxylic acids is 1. The van der Waals surface area contributed by atoms with Crippen molar-refractivity contribution < 1.29 is 14.7 Å². The van der Waals surface area contributed by atoms with E-state index in [0.29, 0.717) is 5.69 Å². The van der Waals surface area contributed by atoms with Gasteiger partial charge in [0.25, 0.3) is 0 Å². The van der Waals surface area contributed by atoms with Crippen molar-refractivity contribution in [2.24, 2.45) is 0 Å². The van der Waals surface area contributed by atoms with Crippen molar-refractivity contribution in [3.8, 4) is 0 Å². The SMILES string of the molecule is CC(C)(C)NC(=O)Nc1ccc(C(=O)O)cc1N. The average Bonchev–Trinajstić information content (AvgIpc) is 2.17. The maximum atomic E-state index is 11.6. The minimum Gasteiger partial charge on any atom is -0.478 e. The summed E-state index contributed by atoms with van der Waals surface area (Å²) in [7, 11) is 0. The van der Waals surface area contributed by atoms with Crippen LogP contribution in [0.4, 0.5) is 16.2 Å². The van der Waals surface area contributed by atoms with Crippen LogP contribution in [0, 0.1) is 0 Å². The van der Waals surface area contributed by atoms with Crippen LogP contribution >= 0.6 is 0 Å². The molecule has 0 bridgehead atoms. The molecule has 98 valence electrons. The van der Waals surface area contributed by atoms with Gasteiger partial charge in [0.2, 0.25) is 0 Å². The van der Waals surface area contributed by atoms with Gasteiger partial charge in [-0.25, -0.2) is 9.59 Å². The van der Waals surface area contributed by atoms with Gasteiger partial charge in [0.05, 0.1) is 16.9 Å². The maximum absolute atomic E-state index is 11.6. The van der Waals surface area contributed by atoms with Crippen molar-refractivity contribution in [2.45, 2.75) is 26.3 Å². The maximum Gasteiger partial charge on any atom is 0.335 e. The minimum atomic E-state index is -1.06. The number of nitrogens with two attached hydrogens (primary N) is 1. The zero-order valence-corrected chi connectivity index (χ0v) is 10.6. The molecule has 6 heteroatoms. The Morgan fingerprint density at radius 3 is 2.33 bits per heavy atom. The number of carbonyl (C=O) groups excluding carboxylic acids is 1.